The number of aliphatic hydroxyl groups is 1. The monoisotopic (exact) mass is 340 g/mol. The number of aliphatic hydroxyl groups excluding tert-OH is 1. The van der Waals surface area contributed by atoms with Gasteiger partial charge in [-0.25, -0.2) is 4.79 Å². The molecule has 2 rings (SSSR count). The molecule has 140 valence electrons. The van der Waals surface area contributed by atoms with Crippen molar-refractivity contribution in [3.05, 3.63) is 0 Å². The van der Waals surface area contributed by atoms with Gasteiger partial charge < -0.3 is 19.6 Å². The van der Waals surface area contributed by atoms with Crippen molar-refractivity contribution in [1.82, 2.24) is 9.80 Å². The van der Waals surface area contributed by atoms with Crippen molar-refractivity contribution < 1.29 is 14.6 Å². The molecule has 0 atom stereocenters. The molecule has 2 aliphatic rings. The number of ether oxygens (including phenoxy) is 1. The summed E-state index contributed by atoms with van der Waals surface area (Å²) in [5, 5.41) is 8.92. The van der Waals surface area contributed by atoms with Gasteiger partial charge in [0.2, 0.25) is 0 Å². The highest BCUT2D eigenvalue weighted by molar-refractivity contribution is 5.68. The van der Waals surface area contributed by atoms with E-state index in [1.54, 1.807) is 0 Å². The van der Waals surface area contributed by atoms with Gasteiger partial charge in [-0.2, -0.15) is 0 Å². The number of carbonyl (C=O) groups excluding carboxylic acids is 1. The van der Waals surface area contributed by atoms with Crippen molar-refractivity contribution in [2.75, 3.05) is 39.3 Å². The number of likely N-dealkylation sites (tertiary alicyclic amines) is 2. The topological polar surface area (TPSA) is 53.0 Å². The summed E-state index contributed by atoms with van der Waals surface area (Å²) in [4.78, 5) is 16.5. The van der Waals surface area contributed by atoms with Crippen molar-refractivity contribution in [3.8, 4) is 0 Å². The zero-order chi connectivity index (χ0) is 17.6. The predicted octanol–water partition coefficient (Wildman–Crippen LogP) is 3.12. The lowest BCUT2D eigenvalue weighted by atomic mass is 9.83. The molecule has 0 unspecified atom stereocenters. The van der Waals surface area contributed by atoms with Gasteiger partial charge in [0.25, 0.3) is 0 Å². The van der Waals surface area contributed by atoms with E-state index < -0.39 is 5.60 Å². The first-order valence-electron chi connectivity index (χ1n) is 9.68. The minimum atomic E-state index is -0.405. The van der Waals surface area contributed by atoms with Crippen molar-refractivity contribution >= 4 is 6.09 Å². The number of hydrogen-bond acceptors (Lipinski definition) is 4. The molecule has 5 nitrogen and oxygen atoms in total. The van der Waals surface area contributed by atoms with Gasteiger partial charge in [-0.15, -0.1) is 0 Å². The van der Waals surface area contributed by atoms with Crippen molar-refractivity contribution in [3.63, 3.8) is 0 Å². The second kappa shape index (κ2) is 9.04. The summed E-state index contributed by atoms with van der Waals surface area (Å²) in [5.41, 5.74) is -0.405. The molecule has 2 heterocycles. The highest BCUT2D eigenvalue weighted by atomic mass is 16.6. The van der Waals surface area contributed by atoms with Crippen molar-refractivity contribution in [2.24, 2.45) is 11.8 Å². The third-order valence-corrected chi connectivity index (χ3v) is 5.27. The van der Waals surface area contributed by atoms with Crippen LogP contribution in [0.5, 0.6) is 0 Å². The molecular weight excluding hydrogens is 304 g/mol. The minimum absolute atomic E-state index is 0.154. The van der Waals surface area contributed by atoms with Gasteiger partial charge in [-0.1, -0.05) is 0 Å². The largest absolute Gasteiger partial charge is 0.444 e. The van der Waals surface area contributed by atoms with Gasteiger partial charge in [0, 0.05) is 26.2 Å². The van der Waals surface area contributed by atoms with Gasteiger partial charge in [-0.3, -0.25) is 0 Å². The van der Waals surface area contributed by atoms with Crippen LogP contribution < -0.4 is 0 Å². The number of piperidine rings is 2. The molecule has 0 spiro atoms. The van der Waals surface area contributed by atoms with Crippen LogP contribution in [-0.4, -0.2) is 65.9 Å². The van der Waals surface area contributed by atoms with Gasteiger partial charge in [0.15, 0.2) is 0 Å². The Morgan fingerprint density at radius 2 is 1.58 bits per heavy atom. The van der Waals surface area contributed by atoms with Gasteiger partial charge in [-0.05, 0) is 84.2 Å². The molecule has 2 fully saturated rings. The van der Waals surface area contributed by atoms with Crippen molar-refractivity contribution in [1.29, 1.82) is 0 Å². The first kappa shape index (κ1) is 19.5. The predicted molar refractivity (Wildman–Crippen MR) is 96.0 cm³/mol. The summed E-state index contributed by atoms with van der Waals surface area (Å²) in [5.74, 6) is 1.60. The zero-order valence-electron chi connectivity index (χ0n) is 15.8. The first-order chi connectivity index (χ1) is 11.4. The number of hydrogen-bond donors (Lipinski definition) is 1. The molecule has 0 aromatic rings. The normalized spacial score (nSPS) is 21.9. The van der Waals surface area contributed by atoms with Crippen LogP contribution in [0.2, 0.25) is 0 Å². The van der Waals surface area contributed by atoms with Crippen LogP contribution >= 0.6 is 0 Å². The highest BCUT2D eigenvalue weighted by Crippen LogP contribution is 2.30. The molecule has 0 bridgehead atoms. The number of carbonyl (C=O) groups is 1. The Morgan fingerprint density at radius 3 is 2.08 bits per heavy atom. The Balaban J connectivity index is 1.64. The number of amides is 1. The summed E-state index contributed by atoms with van der Waals surface area (Å²) >= 11 is 0. The molecular formula is C19H36N2O3. The maximum atomic E-state index is 12.1. The molecule has 5 heteroatoms. The molecule has 1 N–H and O–H groups in total. The van der Waals surface area contributed by atoms with Crippen LogP contribution in [0, 0.1) is 11.8 Å². The van der Waals surface area contributed by atoms with Gasteiger partial charge in [0.1, 0.15) is 5.60 Å². The fourth-order valence-corrected chi connectivity index (χ4v) is 3.89. The summed E-state index contributed by atoms with van der Waals surface area (Å²) in [6.07, 6.45) is 6.87. The first-order valence-corrected chi connectivity index (χ1v) is 9.68. The molecule has 24 heavy (non-hydrogen) atoms. The van der Waals surface area contributed by atoms with E-state index in [2.05, 4.69) is 4.90 Å². The van der Waals surface area contributed by atoms with E-state index in [1.165, 1.54) is 32.4 Å². The highest BCUT2D eigenvalue weighted by Gasteiger charge is 2.29. The van der Waals surface area contributed by atoms with E-state index in [1.807, 2.05) is 25.7 Å². The maximum absolute atomic E-state index is 12.1. The Labute approximate surface area is 147 Å². The number of rotatable bonds is 5. The number of nitrogens with zero attached hydrogens (tertiary/aromatic N) is 2. The fraction of sp³-hybridized carbons (Fsp3) is 0.947. The Bertz CT molecular complexity index is 379. The second-order valence-corrected chi connectivity index (χ2v) is 8.51. The third kappa shape index (κ3) is 6.60. The standard InChI is InChI=1S/C19H36N2O3/c1-19(2,3)24-18(23)21-12-7-17(8-13-21)15-16-5-10-20(11-6-16)9-4-14-22/h16-17,22H,4-15H2,1-3H3. The fourth-order valence-electron chi connectivity index (χ4n) is 3.89. The summed E-state index contributed by atoms with van der Waals surface area (Å²) in [7, 11) is 0. The molecule has 0 aromatic carbocycles. The maximum Gasteiger partial charge on any atom is 0.410 e. The Hall–Kier alpha value is -0.810. The average Bonchev–Trinajstić information content (AvgIpc) is 2.53. The van der Waals surface area contributed by atoms with Crippen LogP contribution in [0.25, 0.3) is 0 Å². The van der Waals surface area contributed by atoms with E-state index in [0.717, 1.165) is 50.7 Å². The van der Waals surface area contributed by atoms with E-state index in [4.69, 9.17) is 9.84 Å². The lowest BCUT2D eigenvalue weighted by molar-refractivity contribution is 0.0170. The average molecular weight is 341 g/mol. The molecule has 2 saturated heterocycles. The molecule has 0 saturated carbocycles. The minimum Gasteiger partial charge on any atom is -0.444 e. The van der Waals surface area contributed by atoms with Crippen LogP contribution in [0.4, 0.5) is 4.79 Å². The molecule has 0 aliphatic carbocycles. The van der Waals surface area contributed by atoms with Gasteiger partial charge in [0.05, 0.1) is 0 Å². The Kier molecular flexibility index (Phi) is 7.35. The smallest absolute Gasteiger partial charge is 0.410 e. The van der Waals surface area contributed by atoms with Crippen LogP contribution in [0.1, 0.15) is 59.3 Å². The second-order valence-electron chi connectivity index (χ2n) is 8.51. The summed E-state index contributed by atoms with van der Waals surface area (Å²) in [6.45, 7) is 11.2. The summed E-state index contributed by atoms with van der Waals surface area (Å²) in [6, 6.07) is 0. The summed E-state index contributed by atoms with van der Waals surface area (Å²) < 4.78 is 5.47. The van der Waals surface area contributed by atoms with Crippen LogP contribution in [0.3, 0.4) is 0 Å². The van der Waals surface area contributed by atoms with E-state index in [0.29, 0.717) is 6.61 Å². The van der Waals surface area contributed by atoms with Crippen molar-refractivity contribution in [2.45, 2.75) is 64.9 Å². The van der Waals surface area contributed by atoms with Gasteiger partial charge >= 0.3 is 6.09 Å². The zero-order valence-corrected chi connectivity index (χ0v) is 15.8. The van der Waals surface area contributed by atoms with Crippen LogP contribution in [-0.2, 0) is 4.74 Å². The third-order valence-electron chi connectivity index (χ3n) is 5.27. The molecule has 0 aromatic heterocycles. The van der Waals surface area contributed by atoms with E-state index in [-0.39, 0.29) is 6.09 Å². The molecule has 1 amide bonds. The SMILES string of the molecule is CC(C)(C)OC(=O)N1CCC(CC2CCN(CCCO)CC2)CC1. The van der Waals surface area contributed by atoms with E-state index >= 15 is 0 Å². The van der Waals surface area contributed by atoms with E-state index in [9.17, 15) is 4.79 Å². The molecule has 0 radical (unpaired) electrons. The lowest BCUT2D eigenvalue weighted by Gasteiger charge is -2.37. The van der Waals surface area contributed by atoms with Crippen LogP contribution in [0.15, 0.2) is 0 Å². The lowest BCUT2D eigenvalue weighted by Crippen LogP contribution is -2.42. The quantitative estimate of drug-likeness (QED) is 0.835. The molecule has 2 aliphatic heterocycles. The Morgan fingerprint density at radius 1 is 1.04 bits per heavy atom.